The van der Waals surface area contributed by atoms with Crippen molar-refractivity contribution in [3.63, 3.8) is 0 Å². The third-order valence-electron chi connectivity index (χ3n) is 2.10. The second-order valence-corrected chi connectivity index (χ2v) is 4.25. The van der Waals surface area contributed by atoms with Crippen molar-refractivity contribution in [2.24, 2.45) is 0 Å². The maximum atomic E-state index is 11.7. The molecule has 1 aromatic heterocycles. The van der Waals surface area contributed by atoms with Gasteiger partial charge in [-0.15, -0.1) is 0 Å². The van der Waals surface area contributed by atoms with Gasteiger partial charge in [-0.25, -0.2) is 4.98 Å². The molecule has 18 heavy (non-hydrogen) atoms. The number of anilines is 1. The van der Waals surface area contributed by atoms with Crippen LogP contribution < -0.4 is 15.4 Å². The molecule has 0 radical (unpaired) electrons. The summed E-state index contributed by atoms with van der Waals surface area (Å²) in [7, 11) is 0. The third-order valence-corrected chi connectivity index (χ3v) is 2.10. The zero-order valence-electron chi connectivity index (χ0n) is 11.2. The Bertz CT molecular complexity index is 380. The SMILES string of the molecule is CCCNCC(=O)Nc1cccnc1OC(C)C. The molecule has 100 valence electrons. The molecular weight excluding hydrogens is 230 g/mol. The Kier molecular flexibility index (Phi) is 6.14. The molecule has 0 fully saturated rings. The topological polar surface area (TPSA) is 63.2 Å². The number of amides is 1. The van der Waals surface area contributed by atoms with Gasteiger partial charge in [-0.1, -0.05) is 6.92 Å². The lowest BCUT2D eigenvalue weighted by molar-refractivity contribution is -0.115. The van der Waals surface area contributed by atoms with Crippen LogP contribution in [0, 0.1) is 0 Å². The Morgan fingerprint density at radius 2 is 2.28 bits per heavy atom. The lowest BCUT2D eigenvalue weighted by Gasteiger charge is -2.13. The number of hydrogen-bond donors (Lipinski definition) is 2. The largest absolute Gasteiger partial charge is 0.473 e. The van der Waals surface area contributed by atoms with Gasteiger partial charge in [0, 0.05) is 6.20 Å². The summed E-state index contributed by atoms with van der Waals surface area (Å²) in [5, 5.41) is 5.83. The Morgan fingerprint density at radius 3 is 2.94 bits per heavy atom. The van der Waals surface area contributed by atoms with Crippen LogP contribution in [-0.2, 0) is 4.79 Å². The zero-order chi connectivity index (χ0) is 13.4. The predicted octanol–water partition coefficient (Wildman–Crippen LogP) is 1.81. The number of nitrogens with zero attached hydrogens (tertiary/aromatic N) is 1. The lowest BCUT2D eigenvalue weighted by Crippen LogP contribution is -2.28. The molecule has 2 N–H and O–H groups in total. The van der Waals surface area contributed by atoms with Gasteiger partial charge in [0.15, 0.2) is 0 Å². The van der Waals surface area contributed by atoms with E-state index in [9.17, 15) is 4.79 Å². The van der Waals surface area contributed by atoms with Gasteiger partial charge in [0.2, 0.25) is 11.8 Å². The second kappa shape index (κ2) is 7.66. The van der Waals surface area contributed by atoms with Gasteiger partial charge in [-0.2, -0.15) is 0 Å². The van der Waals surface area contributed by atoms with Crippen LogP contribution in [-0.4, -0.2) is 30.1 Å². The van der Waals surface area contributed by atoms with Crippen LogP contribution in [0.3, 0.4) is 0 Å². The number of rotatable bonds is 7. The highest BCUT2D eigenvalue weighted by molar-refractivity contribution is 5.93. The fraction of sp³-hybridized carbons (Fsp3) is 0.538. The first-order valence-electron chi connectivity index (χ1n) is 6.25. The summed E-state index contributed by atoms with van der Waals surface area (Å²) in [4.78, 5) is 15.8. The minimum Gasteiger partial charge on any atom is -0.473 e. The first kappa shape index (κ1) is 14.4. The first-order valence-corrected chi connectivity index (χ1v) is 6.25. The van der Waals surface area contributed by atoms with Gasteiger partial charge in [-0.05, 0) is 38.9 Å². The van der Waals surface area contributed by atoms with E-state index in [1.54, 1.807) is 18.3 Å². The maximum absolute atomic E-state index is 11.7. The van der Waals surface area contributed by atoms with E-state index in [0.717, 1.165) is 13.0 Å². The second-order valence-electron chi connectivity index (χ2n) is 4.25. The number of nitrogens with one attached hydrogen (secondary N) is 2. The highest BCUT2D eigenvalue weighted by Crippen LogP contribution is 2.21. The molecule has 5 nitrogen and oxygen atoms in total. The standard InChI is InChI=1S/C13H21N3O2/c1-4-7-14-9-12(17)16-11-6-5-8-15-13(11)18-10(2)3/h5-6,8,10,14H,4,7,9H2,1-3H3,(H,16,17). The van der Waals surface area contributed by atoms with Crippen LogP contribution in [0.5, 0.6) is 5.88 Å². The summed E-state index contributed by atoms with van der Waals surface area (Å²) >= 11 is 0. The monoisotopic (exact) mass is 251 g/mol. The van der Waals surface area contributed by atoms with E-state index < -0.39 is 0 Å². The summed E-state index contributed by atoms with van der Waals surface area (Å²) in [5.74, 6) is 0.362. The van der Waals surface area contributed by atoms with E-state index in [-0.39, 0.29) is 12.0 Å². The van der Waals surface area contributed by atoms with Gasteiger partial charge < -0.3 is 15.4 Å². The van der Waals surface area contributed by atoms with Crippen LogP contribution in [0.25, 0.3) is 0 Å². The average molecular weight is 251 g/mol. The maximum Gasteiger partial charge on any atom is 0.238 e. The van der Waals surface area contributed by atoms with E-state index in [2.05, 4.69) is 22.5 Å². The van der Waals surface area contributed by atoms with Crippen LogP contribution in [0.4, 0.5) is 5.69 Å². The first-order chi connectivity index (χ1) is 8.63. The van der Waals surface area contributed by atoms with Crippen LogP contribution in [0.15, 0.2) is 18.3 Å². The highest BCUT2D eigenvalue weighted by atomic mass is 16.5. The predicted molar refractivity (Wildman–Crippen MR) is 71.8 cm³/mol. The molecule has 1 aromatic rings. The van der Waals surface area contributed by atoms with E-state index in [1.165, 1.54) is 0 Å². The van der Waals surface area contributed by atoms with Gasteiger partial charge in [0.05, 0.1) is 12.6 Å². The van der Waals surface area contributed by atoms with Crippen LogP contribution in [0.2, 0.25) is 0 Å². The van der Waals surface area contributed by atoms with Crippen molar-refractivity contribution in [1.29, 1.82) is 0 Å². The van der Waals surface area contributed by atoms with Gasteiger partial charge in [0.1, 0.15) is 5.69 Å². The molecule has 1 amide bonds. The molecule has 0 bridgehead atoms. The Labute approximate surface area is 108 Å². The third kappa shape index (κ3) is 5.14. The molecule has 0 spiro atoms. The molecule has 0 aliphatic rings. The number of aromatic nitrogens is 1. The number of carbonyl (C=O) groups excluding carboxylic acids is 1. The molecule has 0 saturated carbocycles. The summed E-state index contributed by atoms with van der Waals surface area (Å²) < 4.78 is 5.53. The molecule has 5 heteroatoms. The van der Waals surface area contributed by atoms with E-state index in [1.807, 2.05) is 13.8 Å². The Balaban J connectivity index is 2.57. The molecule has 0 aliphatic carbocycles. The molecule has 0 saturated heterocycles. The fourth-order valence-corrected chi connectivity index (χ4v) is 1.38. The van der Waals surface area contributed by atoms with Gasteiger partial charge in [0.25, 0.3) is 0 Å². The summed E-state index contributed by atoms with van der Waals surface area (Å²) in [6.45, 7) is 7.02. The van der Waals surface area contributed by atoms with Crippen molar-refractivity contribution in [3.05, 3.63) is 18.3 Å². The van der Waals surface area contributed by atoms with Crippen molar-refractivity contribution in [2.45, 2.75) is 33.3 Å². The smallest absolute Gasteiger partial charge is 0.238 e. The van der Waals surface area contributed by atoms with Crippen molar-refractivity contribution in [2.75, 3.05) is 18.4 Å². The van der Waals surface area contributed by atoms with Crippen molar-refractivity contribution in [1.82, 2.24) is 10.3 Å². The molecule has 0 aromatic carbocycles. The number of hydrogen-bond acceptors (Lipinski definition) is 4. The number of pyridine rings is 1. The van der Waals surface area contributed by atoms with Crippen LogP contribution in [0.1, 0.15) is 27.2 Å². The van der Waals surface area contributed by atoms with E-state index >= 15 is 0 Å². The Morgan fingerprint density at radius 1 is 1.50 bits per heavy atom. The van der Waals surface area contributed by atoms with Gasteiger partial charge >= 0.3 is 0 Å². The lowest BCUT2D eigenvalue weighted by atomic mass is 10.3. The van der Waals surface area contributed by atoms with Crippen LogP contribution >= 0.6 is 0 Å². The zero-order valence-corrected chi connectivity index (χ0v) is 11.2. The molecule has 0 unspecified atom stereocenters. The molecule has 0 aliphatic heterocycles. The summed E-state index contributed by atoms with van der Waals surface area (Å²) in [6.07, 6.45) is 2.67. The summed E-state index contributed by atoms with van der Waals surface area (Å²) in [5.41, 5.74) is 0.606. The molecule has 1 rings (SSSR count). The van der Waals surface area contributed by atoms with Gasteiger partial charge in [-0.3, -0.25) is 4.79 Å². The minimum absolute atomic E-state index is 0.0220. The molecule has 0 atom stereocenters. The minimum atomic E-state index is -0.0925. The highest BCUT2D eigenvalue weighted by Gasteiger charge is 2.09. The number of carbonyl (C=O) groups is 1. The van der Waals surface area contributed by atoms with E-state index in [4.69, 9.17) is 4.74 Å². The molecule has 1 heterocycles. The fourth-order valence-electron chi connectivity index (χ4n) is 1.38. The van der Waals surface area contributed by atoms with E-state index in [0.29, 0.717) is 18.1 Å². The van der Waals surface area contributed by atoms with Crippen molar-refractivity contribution >= 4 is 11.6 Å². The Hall–Kier alpha value is -1.62. The quantitative estimate of drug-likeness (QED) is 0.725. The average Bonchev–Trinajstić information content (AvgIpc) is 2.31. The summed E-state index contributed by atoms with van der Waals surface area (Å²) in [6, 6.07) is 3.55. The van der Waals surface area contributed by atoms with Crippen molar-refractivity contribution < 1.29 is 9.53 Å². The van der Waals surface area contributed by atoms with Crippen molar-refractivity contribution in [3.8, 4) is 5.88 Å². The molecular formula is C13H21N3O2. The number of ether oxygens (including phenoxy) is 1. The normalized spacial score (nSPS) is 10.4.